The van der Waals surface area contributed by atoms with E-state index in [2.05, 4.69) is 10.3 Å². The van der Waals surface area contributed by atoms with Gasteiger partial charge in [0, 0.05) is 18.3 Å². The lowest BCUT2D eigenvalue weighted by molar-refractivity contribution is 0.400. The maximum absolute atomic E-state index is 14.0. The number of ether oxygens (including phenoxy) is 1. The third-order valence-electron chi connectivity index (χ3n) is 2.74. The lowest BCUT2D eigenvalue weighted by Gasteiger charge is -2.20. The van der Waals surface area contributed by atoms with E-state index in [0.29, 0.717) is 12.1 Å². The first-order valence-corrected chi connectivity index (χ1v) is 6.66. The zero-order valence-electron chi connectivity index (χ0n) is 12.3. The molecule has 0 spiro atoms. The summed E-state index contributed by atoms with van der Waals surface area (Å²) in [6.07, 6.45) is 2.95. The van der Waals surface area contributed by atoms with E-state index in [1.165, 1.54) is 18.3 Å². The summed E-state index contributed by atoms with van der Waals surface area (Å²) in [6.45, 7) is 6.34. The minimum atomic E-state index is -0.732. The molecule has 0 bridgehead atoms. The highest BCUT2D eigenvalue weighted by Crippen LogP contribution is 2.28. The molecule has 0 aliphatic rings. The van der Waals surface area contributed by atoms with Crippen molar-refractivity contribution in [3.05, 3.63) is 53.9 Å². The lowest BCUT2D eigenvalue weighted by atomic mass is 10.1. The summed E-state index contributed by atoms with van der Waals surface area (Å²) < 4.78 is 33.2. The Morgan fingerprint density at radius 1 is 1.19 bits per heavy atom. The molecule has 112 valence electrons. The second-order valence-corrected chi connectivity index (χ2v) is 5.78. The van der Waals surface area contributed by atoms with Crippen LogP contribution in [-0.2, 0) is 6.54 Å². The van der Waals surface area contributed by atoms with Crippen molar-refractivity contribution in [3.8, 4) is 11.5 Å². The molecule has 2 aromatic rings. The van der Waals surface area contributed by atoms with E-state index in [1.807, 2.05) is 20.8 Å². The molecule has 0 aliphatic heterocycles. The van der Waals surface area contributed by atoms with E-state index in [-0.39, 0.29) is 11.3 Å². The number of hydrogen-bond donors (Lipinski definition) is 1. The summed E-state index contributed by atoms with van der Waals surface area (Å²) in [5, 5.41) is 3.18. The van der Waals surface area contributed by atoms with Gasteiger partial charge >= 0.3 is 0 Å². The Morgan fingerprint density at radius 2 is 1.86 bits per heavy atom. The number of rotatable bonds is 4. The first-order chi connectivity index (χ1) is 9.85. The summed E-state index contributed by atoms with van der Waals surface area (Å²) in [4.78, 5) is 3.83. The molecule has 0 aliphatic carbocycles. The zero-order valence-corrected chi connectivity index (χ0v) is 12.3. The van der Waals surface area contributed by atoms with Crippen molar-refractivity contribution in [1.29, 1.82) is 0 Å². The molecule has 1 aromatic carbocycles. The number of aromatic nitrogens is 1. The van der Waals surface area contributed by atoms with Gasteiger partial charge in [0.05, 0.1) is 6.20 Å². The molecule has 2 rings (SSSR count). The van der Waals surface area contributed by atoms with Gasteiger partial charge in [0.2, 0.25) is 0 Å². The van der Waals surface area contributed by atoms with Gasteiger partial charge in [0.15, 0.2) is 17.4 Å². The topological polar surface area (TPSA) is 34.1 Å². The molecule has 0 atom stereocenters. The minimum Gasteiger partial charge on any atom is -0.450 e. The summed E-state index contributed by atoms with van der Waals surface area (Å²) in [5.74, 6) is -1.59. The number of nitrogens with zero attached hydrogens (tertiary/aromatic N) is 1. The molecule has 0 saturated carbocycles. The van der Waals surface area contributed by atoms with Crippen LogP contribution in [0.5, 0.6) is 11.5 Å². The van der Waals surface area contributed by atoms with E-state index in [1.54, 1.807) is 18.3 Å². The number of halogens is 2. The van der Waals surface area contributed by atoms with Crippen LogP contribution in [0.2, 0.25) is 0 Å². The first-order valence-electron chi connectivity index (χ1n) is 6.66. The Morgan fingerprint density at radius 3 is 2.38 bits per heavy atom. The summed E-state index contributed by atoms with van der Waals surface area (Å²) >= 11 is 0. The van der Waals surface area contributed by atoms with Crippen molar-refractivity contribution in [2.45, 2.75) is 32.9 Å². The monoisotopic (exact) mass is 292 g/mol. The van der Waals surface area contributed by atoms with Gasteiger partial charge in [-0.15, -0.1) is 0 Å². The number of benzene rings is 1. The van der Waals surface area contributed by atoms with Gasteiger partial charge in [-0.1, -0.05) is 0 Å². The van der Waals surface area contributed by atoms with Gasteiger partial charge in [-0.25, -0.2) is 8.78 Å². The maximum Gasteiger partial charge on any atom is 0.198 e. The Kier molecular flexibility index (Phi) is 4.53. The fraction of sp³-hybridized carbons (Fsp3) is 0.312. The maximum atomic E-state index is 14.0. The molecular formula is C16H18F2N2O. The van der Waals surface area contributed by atoms with Gasteiger partial charge < -0.3 is 10.1 Å². The highest BCUT2D eigenvalue weighted by Gasteiger charge is 2.15. The molecule has 0 fully saturated rings. The van der Waals surface area contributed by atoms with Crippen LogP contribution in [0, 0.1) is 11.6 Å². The van der Waals surface area contributed by atoms with Crippen LogP contribution in [0.1, 0.15) is 26.3 Å². The van der Waals surface area contributed by atoms with Crippen molar-refractivity contribution < 1.29 is 13.5 Å². The molecule has 0 radical (unpaired) electrons. The largest absolute Gasteiger partial charge is 0.450 e. The smallest absolute Gasteiger partial charge is 0.198 e. The highest BCUT2D eigenvalue weighted by molar-refractivity contribution is 5.35. The molecule has 1 aromatic heterocycles. The molecule has 5 heteroatoms. The average molecular weight is 292 g/mol. The van der Waals surface area contributed by atoms with Crippen molar-refractivity contribution in [2.75, 3.05) is 0 Å². The van der Waals surface area contributed by atoms with Crippen molar-refractivity contribution in [1.82, 2.24) is 10.3 Å². The van der Waals surface area contributed by atoms with E-state index in [0.717, 1.165) is 0 Å². The van der Waals surface area contributed by atoms with E-state index in [4.69, 9.17) is 4.74 Å². The quantitative estimate of drug-likeness (QED) is 0.923. The van der Waals surface area contributed by atoms with E-state index >= 15 is 0 Å². The zero-order chi connectivity index (χ0) is 15.5. The summed E-state index contributed by atoms with van der Waals surface area (Å²) in [6, 6.07) is 5.76. The van der Waals surface area contributed by atoms with Gasteiger partial charge in [-0.3, -0.25) is 4.98 Å². The standard InChI is InChI=1S/C16H18F2N2O/c1-16(2,3)20-9-11-7-13(17)15(14(18)8-11)21-12-5-4-6-19-10-12/h4-8,10,20H,9H2,1-3H3. The molecular weight excluding hydrogens is 274 g/mol. The molecule has 0 saturated heterocycles. The fourth-order valence-corrected chi connectivity index (χ4v) is 1.70. The van der Waals surface area contributed by atoms with E-state index < -0.39 is 17.4 Å². The van der Waals surface area contributed by atoms with Crippen LogP contribution < -0.4 is 10.1 Å². The van der Waals surface area contributed by atoms with Gasteiger partial charge in [0.1, 0.15) is 5.75 Å². The highest BCUT2D eigenvalue weighted by atomic mass is 19.1. The Bertz CT molecular complexity index is 586. The summed E-state index contributed by atoms with van der Waals surface area (Å²) in [5.41, 5.74) is 0.399. The van der Waals surface area contributed by atoms with Crippen LogP contribution in [0.3, 0.4) is 0 Å². The molecule has 0 unspecified atom stereocenters. The van der Waals surface area contributed by atoms with Crippen LogP contribution in [0.15, 0.2) is 36.7 Å². The van der Waals surface area contributed by atoms with Crippen molar-refractivity contribution >= 4 is 0 Å². The molecule has 1 heterocycles. The second kappa shape index (κ2) is 6.18. The van der Waals surface area contributed by atoms with Crippen LogP contribution in [-0.4, -0.2) is 10.5 Å². The van der Waals surface area contributed by atoms with Crippen LogP contribution in [0.25, 0.3) is 0 Å². The minimum absolute atomic E-state index is 0.127. The van der Waals surface area contributed by atoms with Gasteiger partial charge in [0.25, 0.3) is 0 Å². The molecule has 0 amide bonds. The predicted molar refractivity (Wildman–Crippen MR) is 77.3 cm³/mol. The van der Waals surface area contributed by atoms with Crippen molar-refractivity contribution in [3.63, 3.8) is 0 Å². The molecule has 1 N–H and O–H groups in total. The fourth-order valence-electron chi connectivity index (χ4n) is 1.70. The Balaban J connectivity index is 2.17. The van der Waals surface area contributed by atoms with Crippen LogP contribution in [0.4, 0.5) is 8.78 Å². The Hall–Kier alpha value is -2.01. The third kappa shape index (κ3) is 4.49. The molecule has 3 nitrogen and oxygen atoms in total. The Labute approximate surface area is 123 Å². The molecule has 21 heavy (non-hydrogen) atoms. The van der Waals surface area contributed by atoms with E-state index in [9.17, 15) is 8.78 Å². The number of hydrogen-bond acceptors (Lipinski definition) is 3. The normalized spacial score (nSPS) is 11.5. The van der Waals surface area contributed by atoms with Crippen molar-refractivity contribution in [2.24, 2.45) is 0 Å². The number of nitrogens with one attached hydrogen (secondary N) is 1. The SMILES string of the molecule is CC(C)(C)NCc1cc(F)c(Oc2cccnc2)c(F)c1. The van der Waals surface area contributed by atoms with Gasteiger partial charge in [-0.05, 0) is 50.6 Å². The van der Waals surface area contributed by atoms with Gasteiger partial charge in [-0.2, -0.15) is 0 Å². The predicted octanol–water partition coefficient (Wildman–Crippen LogP) is 4.04. The lowest BCUT2D eigenvalue weighted by Crippen LogP contribution is -2.35. The second-order valence-electron chi connectivity index (χ2n) is 5.78. The summed E-state index contributed by atoms with van der Waals surface area (Å²) in [7, 11) is 0. The van der Waals surface area contributed by atoms with Crippen LogP contribution >= 0.6 is 0 Å². The number of pyridine rings is 1. The average Bonchev–Trinajstić information content (AvgIpc) is 2.41. The first kappa shape index (κ1) is 15.4. The third-order valence-corrected chi connectivity index (χ3v) is 2.74.